The maximum Gasteiger partial charge on any atom is -0.0172 e. The molecule has 0 N–H and O–H groups in total. The molecule has 134 valence electrons. The lowest BCUT2D eigenvalue weighted by molar-refractivity contribution is 0.0510. The third-order valence-corrected chi connectivity index (χ3v) is 8.45. The summed E-state index contributed by atoms with van der Waals surface area (Å²) in [5.74, 6) is 6.12. The van der Waals surface area contributed by atoms with E-state index in [1.165, 1.54) is 69.8 Å². The maximum absolute atomic E-state index is 2.71. The molecule has 0 heteroatoms. The highest BCUT2D eigenvalue weighted by Gasteiger charge is 2.49. The molecule has 0 heterocycles. The average Bonchev–Trinajstić information content (AvgIpc) is 3.06. The van der Waals surface area contributed by atoms with Crippen molar-refractivity contribution in [2.75, 3.05) is 0 Å². The number of hydrogen-bond acceptors (Lipinski definition) is 0. The Kier molecular flexibility index (Phi) is 4.27. The average molecular weight is 335 g/mol. The van der Waals surface area contributed by atoms with Crippen LogP contribution >= 0.6 is 0 Å². The predicted molar refractivity (Wildman–Crippen MR) is 105 cm³/mol. The van der Waals surface area contributed by atoms with E-state index in [9.17, 15) is 0 Å². The minimum absolute atomic E-state index is 0.963. The SMILES string of the molecule is Cc1ccc(CC2CCC3C2CCC2C4CCCCC4=CCC23)cc1. The van der Waals surface area contributed by atoms with E-state index in [2.05, 4.69) is 37.3 Å². The minimum Gasteiger partial charge on any atom is -0.0847 e. The minimum atomic E-state index is 0.963. The smallest absolute Gasteiger partial charge is 0.0172 e. The normalized spacial score (nSPS) is 40.0. The molecule has 0 radical (unpaired) electrons. The number of aryl methyl sites for hydroxylation is 1. The number of rotatable bonds is 2. The van der Waals surface area contributed by atoms with Crippen molar-refractivity contribution in [2.24, 2.45) is 35.5 Å². The molecule has 1 aromatic carbocycles. The predicted octanol–water partition coefficient (Wildman–Crippen LogP) is 6.73. The standard InChI is InChI=1S/C25H34/c1-17-6-8-18(9-7-17)16-20-11-13-23-22(20)14-15-24-21-5-3-2-4-19(21)10-12-25(23)24/h6-10,20-25H,2-5,11-16H2,1H3. The summed E-state index contributed by atoms with van der Waals surface area (Å²) in [7, 11) is 0. The van der Waals surface area contributed by atoms with E-state index in [4.69, 9.17) is 0 Å². The van der Waals surface area contributed by atoms with Crippen LogP contribution in [0.4, 0.5) is 0 Å². The van der Waals surface area contributed by atoms with Crippen LogP contribution in [0.1, 0.15) is 68.9 Å². The van der Waals surface area contributed by atoms with Gasteiger partial charge in [-0.1, -0.05) is 47.9 Å². The molecule has 0 nitrogen and oxygen atoms in total. The van der Waals surface area contributed by atoms with Crippen molar-refractivity contribution >= 4 is 0 Å². The van der Waals surface area contributed by atoms with Crippen molar-refractivity contribution in [1.29, 1.82) is 0 Å². The van der Waals surface area contributed by atoms with Gasteiger partial charge in [0.1, 0.15) is 0 Å². The first kappa shape index (κ1) is 16.2. The Balaban J connectivity index is 1.31. The molecular weight excluding hydrogens is 300 g/mol. The van der Waals surface area contributed by atoms with Crippen LogP contribution in [-0.4, -0.2) is 0 Å². The molecule has 4 aliphatic rings. The highest BCUT2D eigenvalue weighted by Crippen LogP contribution is 2.58. The molecule has 0 saturated heterocycles. The molecule has 5 rings (SSSR count). The summed E-state index contributed by atoms with van der Waals surface area (Å²) in [6, 6.07) is 9.36. The highest BCUT2D eigenvalue weighted by molar-refractivity contribution is 5.23. The second kappa shape index (κ2) is 6.60. The van der Waals surface area contributed by atoms with Gasteiger partial charge in [-0.05, 0) is 106 Å². The first-order valence-electron chi connectivity index (χ1n) is 11.0. The van der Waals surface area contributed by atoms with Gasteiger partial charge in [0, 0.05) is 0 Å². The fraction of sp³-hybridized carbons (Fsp3) is 0.680. The molecule has 0 amide bonds. The molecule has 0 bridgehead atoms. The van der Waals surface area contributed by atoms with Gasteiger partial charge in [0.2, 0.25) is 0 Å². The van der Waals surface area contributed by atoms with E-state index in [0.29, 0.717) is 0 Å². The number of fused-ring (bicyclic) bond motifs is 5. The van der Waals surface area contributed by atoms with Crippen LogP contribution in [0, 0.1) is 42.4 Å². The zero-order valence-electron chi connectivity index (χ0n) is 15.9. The molecule has 4 aliphatic carbocycles. The molecule has 0 aliphatic heterocycles. The molecule has 0 spiro atoms. The van der Waals surface area contributed by atoms with Crippen molar-refractivity contribution < 1.29 is 0 Å². The number of benzene rings is 1. The van der Waals surface area contributed by atoms with Gasteiger partial charge >= 0.3 is 0 Å². The lowest BCUT2D eigenvalue weighted by atomic mass is 9.56. The topological polar surface area (TPSA) is 0 Å². The van der Waals surface area contributed by atoms with Crippen LogP contribution in [0.2, 0.25) is 0 Å². The Morgan fingerprint density at radius 1 is 0.800 bits per heavy atom. The van der Waals surface area contributed by atoms with Gasteiger partial charge in [0.25, 0.3) is 0 Å². The van der Waals surface area contributed by atoms with Crippen molar-refractivity contribution in [2.45, 2.75) is 71.1 Å². The summed E-state index contributed by atoms with van der Waals surface area (Å²) < 4.78 is 0. The van der Waals surface area contributed by atoms with Crippen molar-refractivity contribution in [3.63, 3.8) is 0 Å². The van der Waals surface area contributed by atoms with Crippen LogP contribution in [0.15, 0.2) is 35.9 Å². The van der Waals surface area contributed by atoms with Gasteiger partial charge in [-0.2, -0.15) is 0 Å². The molecule has 0 aromatic heterocycles. The highest BCUT2D eigenvalue weighted by atomic mass is 14.5. The Morgan fingerprint density at radius 3 is 2.48 bits per heavy atom. The number of hydrogen-bond donors (Lipinski definition) is 0. The summed E-state index contributed by atoms with van der Waals surface area (Å²) in [5.41, 5.74) is 4.85. The van der Waals surface area contributed by atoms with Crippen LogP contribution < -0.4 is 0 Å². The van der Waals surface area contributed by atoms with E-state index >= 15 is 0 Å². The molecular formula is C25H34. The van der Waals surface area contributed by atoms with Gasteiger partial charge in [-0.15, -0.1) is 0 Å². The van der Waals surface area contributed by atoms with E-state index in [0.717, 1.165) is 35.5 Å². The first-order chi connectivity index (χ1) is 12.3. The van der Waals surface area contributed by atoms with Crippen molar-refractivity contribution in [3.8, 4) is 0 Å². The van der Waals surface area contributed by atoms with E-state index < -0.39 is 0 Å². The second-order valence-electron chi connectivity index (χ2n) is 9.63. The summed E-state index contributed by atoms with van der Waals surface area (Å²) in [6.07, 6.45) is 17.5. The Hall–Kier alpha value is -1.04. The van der Waals surface area contributed by atoms with Gasteiger partial charge in [0.15, 0.2) is 0 Å². The summed E-state index contributed by atoms with van der Waals surface area (Å²) in [4.78, 5) is 0. The molecule has 1 aromatic rings. The van der Waals surface area contributed by atoms with E-state index in [-0.39, 0.29) is 0 Å². The lowest BCUT2D eigenvalue weighted by Crippen LogP contribution is -2.40. The molecule has 25 heavy (non-hydrogen) atoms. The zero-order chi connectivity index (χ0) is 16.8. The lowest BCUT2D eigenvalue weighted by Gasteiger charge is -2.49. The monoisotopic (exact) mass is 334 g/mol. The van der Waals surface area contributed by atoms with Crippen LogP contribution in [-0.2, 0) is 6.42 Å². The largest absolute Gasteiger partial charge is 0.0847 e. The Bertz CT molecular complexity index is 637. The third-order valence-electron chi connectivity index (χ3n) is 8.45. The molecule has 6 atom stereocenters. The number of allylic oxidation sites excluding steroid dienone is 2. The maximum atomic E-state index is 2.71. The van der Waals surface area contributed by atoms with Gasteiger partial charge in [0.05, 0.1) is 0 Å². The third kappa shape index (κ3) is 2.90. The van der Waals surface area contributed by atoms with E-state index in [1.807, 2.05) is 5.57 Å². The van der Waals surface area contributed by atoms with Crippen LogP contribution in [0.25, 0.3) is 0 Å². The fourth-order valence-corrected chi connectivity index (χ4v) is 7.31. The van der Waals surface area contributed by atoms with Crippen LogP contribution in [0.5, 0.6) is 0 Å². The summed E-state index contributed by atoms with van der Waals surface area (Å²) in [6.45, 7) is 2.20. The van der Waals surface area contributed by atoms with Crippen LogP contribution in [0.3, 0.4) is 0 Å². The first-order valence-corrected chi connectivity index (χ1v) is 11.0. The quantitative estimate of drug-likeness (QED) is 0.526. The van der Waals surface area contributed by atoms with E-state index in [1.54, 1.807) is 5.56 Å². The van der Waals surface area contributed by atoms with Gasteiger partial charge < -0.3 is 0 Å². The second-order valence-corrected chi connectivity index (χ2v) is 9.63. The van der Waals surface area contributed by atoms with Gasteiger partial charge in [-0.3, -0.25) is 0 Å². The summed E-state index contributed by atoms with van der Waals surface area (Å²) in [5, 5.41) is 0. The molecule has 3 fully saturated rings. The summed E-state index contributed by atoms with van der Waals surface area (Å²) >= 11 is 0. The van der Waals surface area contributed by atoms with Crippen molar-refractivity contribution in [1.82, 2.24) is 0 Å². The Morgan fingerprint density at radius 2 is 1.60 bits per heavy atom. The van der Waals surface area contributed by atoms with Gasteiger partial charge in [-0.25, -0.2) is 0 Å². The van der Waals surface area contributed by atoms with Crippen molar-refractivity contribution in [3.05, 3.63) is 47.0 Å². The zero-order valence-corrected chi connectivity index (χ0v) is 15.9. The molecule has 6 unspecified atom stereocenters. The fourth-order valence-electron chi connectivity index (χ4n) is 7.31. The Labute approximate surface area is 154 Å². The molecule has 3 saturated carbocycles.